The Morgan fingerprint density at radius 3 is 2.81 bits per heavy atom. The van der Waals surface area contributed by atoms with Crippen molar-refractivity contribution in [2.24, 2.45) is 12.0 Å². The second-order valence-corrected chi connectivity index (χ2v) is 9.45. The molecule has 154 valence electrons. The Kier molecular flexibility index (Phi) is 8.76. The van der Waals surface area contributed by atoms with E-state index in [0.29, 0.717) is 17.8 Å². The van der Waals surface area contributed by atoms with Gasteiger partial charge in [-0.15, -0.1) is 0 Å². The molecule has 1 aliphatic carbocycles. The number of hydrogen-bond acceptors (Lipinski definition) is 4. The summed E-state index contributed by atoms with van der Waals surface area (Å²) in [5, 5.41) is 11.5. The molecule has 8 heteroatoms. The molecule has 1 heterocycles. The van der Waals surface area contributed by atoms with Crippen LogP contribution in [0.1, 0.15) is 51.1 Å². The molecule has 1 aliphatic rings. The zero-order valence-corrected chi connectivity index (χ0v) is 18.3. The van der Waals surface area contributed by atoms with Crippen molar-refractivity contribution in [2.45, 2.75) is 56.9 Å². The first-order valence-corrected chi connectivity index (χ1v) is 11.4. The summed E-state index contributed by atoms with van der Waals surface area (Å²) in [5.41, 5.74) is 1.16. The molecule has 0 saturated heterocycles. The van der Waals surface area contributed by atoms with Gasteiger partial charge in [0, 0.05) is 53.2 Å². The van der Waals surface area contributed by atoms with Crippen molar-refractivity contribution in [1.82, 2.24) is 25.3 Å². The molecule has 4 atom stereocenters. The van der Waals surface area contributed by atoms with Gasteiger partial charge in [0.25, 0.3) is 0 Å². The van der Waals surface area contributed by atoms with Crippen LogP contribution in [-0.4, -0.2) is 69.1 Å². The van der Waals surface area contributed by atoms with E-state index in [2.05, 4.69) is 41.7 Å². The van der Waals surface area contributed by atoms with Crippen LogP contribution in [0.15, 0.2) is 17.4 Å². The quantitative estimate of drug-likeness (QED) is 0.516. The van der Waals surface area contributed by atoms with E-state index in [0.717, 1.165) is 49.5 Å². The van der Waals surface area contributed by atoms with Crippen LogP contribution in [0.25, 0.3) is 0 Å². The van der Waals surface area contributed by atoms with Crippen molar-refractivity contribution in [3.63, 3.8) is 0 Å². The van der Waals surface area contributed by atoms with E-state index in [1.54, 1.807) is 0 Å². The molecule has 0 aliphatic heterocycles. The van der Waals surface area contributed by atoms with Gasteiger partial charge in [-0.1, -0.05) is 13.3 Å². The summed E-state index contributed by atoms with van der Waals surface area (Å²) < 4.78 is 14.0. The summed E-state index contributed by atoms with van der Waals surface area (Å²) in [6.45, 7) is 5.57. The summed E-state index contributed by atoms with van der Waals surface area (Å²) in [7, 11) is 5.36. The Bertz CT molecular complexity index is 629. The molecule has 27 heavy (non-hydrogen) atoms. The van der Waals surface area contributed by atoms with E-state index in [-0.39, 0.29) is 6.04 Å². The van der Waals surface area contributed by atoms with Gasteiger partial charge in [-0.3, -0.25) is 13.9 Å². The summed E-state index contributed by atoms with van der Waals surface area (Å²) in [5.74, 6) is 1.60. The maximum Gasteiger partial charge on any atom is 0.191 e. The summed E-state index contributed by atoms with van der Waals surface area (Å²) in [4.78, 5) is 7.02. The van der Waals surface area contributed by atoms with Gasteiger partial charge in [-0.2, -0.15) is 5.10 Å². The SMILES string of the molecule is CCNC(=NCC(c1cnn(C)c1)N(C)C)NC1CCCC(S(=O)CC)C1. The van der Waals surface area contributed by atoms with Crippen molar-refractivity contribution in [3.05, 3.63) is 18.0 Å². The van der Waals surface area contributed by atoms with E-state index >= 15 is 0 Å². The number of aryl methyl sites for hydroxylation is 1. The first-order chi connectivity index (χ1) is 12.9. The van der Waals surface area contributed by atoms with Crippen LogP contribution in [0.2, 0.25) is 0 Å². The first-order valence-electron chi connectivity index (χ1n) is 10.0. The second-order valence-electron chi connectivity index (χ2n) is 7.45. The van der Waals surface area contributed by atoms with Gasteiger partial charge in [0.05, 0.1) is 18.8 Å². The first kappa shape index (κ1) is 21.9. The van der Waals surface area contributed by atoms with Crippen molar-refractivity contribution >= 4 is 16.8 Å². The molecule has 0 spiro atoms. The lowest BCUT2D eigenvalue weighted by molar-refractivity contribution is 0.306. The van der Waals surface area contributed by atoms with Gasteiger partial charge in [0.1, 0.15) is 0 Å². The molecular weight excluding hydrogens is 360 g/mol. The van der Waals surface area contributed by atoms with Crippen LogP contribution in [0.5, 0.6) is 0 Å². The lowest BCUT2D eigenvalue weighted by atomic mass is 9.95. The largest absolute Gasteiger partial charge is 0.357 e. The van der Waals surface area contributed by atoms with Gasteiger partial charge in [-0.25, -0.2) is 0 Å². The van der Waals surface area contributed by atoms with Gasteiger partial charge < -0.3 is 15.5 Å². The van der Waals surface area contributed by atoms with Crippen LogP contribution in [-0.2, 0) is 17.8 Å². The Morgan fingerprint density at radius 2 is 2.22 bits per heavy atom. The summed E-state index contributed by atoms with van der Waals surface area (Å²) >= 11 is 0. The predicted octanol–water partition coefficient (Wildman–Crippen LogP) is 1.66. The summed E-state index contributed by atoms with van der Waals surface area (Å²) in [6, 6.07) is 0.522. The van der Waals surface area contributed by atoms with Gasteiger partial charge in [0.2, 0.25) is 0 Å². The molecule has 0 aromatic carbocycles. The minimum Gasteiger partial charge on any atom is -0.357 e. The normalized spacial score (nSPS) is 23.3. The third-order valence-corrected chi connectivity index (χ3v) is 6.86. The fourth-order valence-corrected chi connectivity index (χ4v) is 4.97. The number of guanidine groups is 1. The number of nitrogens with zero attached hydrogens (tertiary/aromatic N) is 4. The zero-order chi connectivity index (χ0) is 19.8. The molecule has 2 N–H and O–H groups in total. The molecule has 2 rings (SSSR count). The van der Waals surface area contributed by atoms with Crippen molar-refractivity contribution in [3.8, 4) is 0 Å². The standard InChI is InChI=1S/C19H36N6OS/c1-6-20-19(23-16-9-8-10-17(11-16)27(26)7-2)21-13-18(24(3)4)15-12-22-25(5)14-15/h12,14,16-18H,6-11,13H2,1-5H3,(H2,20,21,23). The third kappa shape index (κ3) is 6.60. The number of rotatable bonds is 8. The van der Waals surface area contributed by atoms with E-state index in [4.69, 9.17) is 4.99 Å². The Balaban J connectivity index is 2.03. The van der Waals surface area contributed by atoms with E-state index < -0.39 is 10.8 Å². The lowest BCUT2D eigenvalue weighted by Crippen LogP contribution is -2.47. The number of nitrogens with one attached hydrogen (secondary N) is 2. The zero-order valence-electron chi connectivity index (χ0n) is 17.4. The Labute approximate surface area is 166 Å². The maximum atomic E-state index is 12.2. The predicted molar refractivity (Wildman–Crippen MR) is 113 cm³/mol. The Morgan fingerprint density at radius 1 is 1.44 bits per heavy atom. The lowest BCUT2D eigenvalue weighted by Gasteiger charge is -2.30. The van der Waals surface area contributed by atoms with Crippen LogP contribution < -0.4 is 10.6 Å². The monoisotopic (exact) mass is 396 g/mol. The maximum absolute atomic E-state index is 12.2. The number of hydrogen-bond donors (Lipinski definition) is 2. The highest BCUT2D eigenvalue weighted by Crippen LogP contribution is 2.23. The topological polar surface area (TPSA) is 74.6 Å². The minimum atomic E-state index is -0.709. The van der Waals surface area contributed by atoms with E-state index in [1.807, 2.05) is 31.0 Å². The second kappa shape index (κ2) is 10.8. The smallest absolute Gasteiger partial charge is 0.191 e. The van der Waals surface area contributed by atoms with Crippen LogP contribution in [0, 0.1) is 0 Å². The molecule has 1 aromatic rings. The highest BCUT2D eigenvalue weighted by Gasteiger charge is 2.26. The van der Waals surface area contributed by atoms with Crippen LogP contribution in [0.4, 0.5) is 0 Å². The van der Waals surface area contributed by atoms with E-state index in [9.17, 15) is 4.21 Å². The van der Waals surface area contributed by atoms with Gasteiger partial charge in [-0.05, 0) is 40.3 Å². The van der Waals surface area contributed by atoms with Crippen molar-refractivity contribution < 1.29 is 4.21 Å². The molecular formula is C19H36N6OS. The molecule has 4 unspecified atom stereocenters. The highest BCUT2D eigenvalue weighted by molar-refractivity contribution is 7.85. The highest BCUT2D eigenvalue weighted by atomic mass is 32.2. The molecule has 0 bridgehead atoms. The molecule has 1 fully saturated rings. The average molecular weight is 397 g/mol. The number of aromatic nitrogens is 2. The average Bonchev–Trinajstić information content (AvgIpc) is 3.07. The van der Waals surface area contributed by atoms with Crippen molar-refractivity contribution in [2.75, 3.05) is 32.9 Å². The molecule has 1 aromatic heterocycles. The van der Waals surface area contributed by atoms with E-state index in [1.165, 1.54) is 0 Å². The Hall–Kier alpha value is -1.41. The van der Waals surface area contributed by atoms with Gasteiger partial charge in [0.15, 0.2) is 5.96 Å². The molecule has 0 radical (unpaired) electrons. The summed E-state index contributed by atoms with van der Waals surface area (Å²) in [6.07, 6.45) is 8.24. The van der Waals surface area contributed by atoms with Crippen LogP contribution in [0.3, 0.4) is 0 Å². The van der Waals surface area contributed by atoms with Crippen LogP contribution >= 0.6 is 0 Å². The number of likely N-dealkylation sites (N-methyl/N-ethyl adjacent to an activating group) is 1. The van der Waals surface area contributed by atoms with Gasteiger partial charge >= 0.3 is 0 Å². The molecule has 0 amide bonds. The molecule has 1 saturated carbocycles. The third-order valence-electron chi connectivity index (χ3n) is 5.12. The minimum absolute atomic E-state index is 0.181. The van der Waals surface area contributed by atoms with Crippen molar-refractivity contribution in [1.29, 1.82) is 0 Å². The molecule has 7 nitrogen and oxygen atoms in total. The number of aliphatic imine (C=N–C) groups is 1. The fourth-order valence-electron chi connectivity index (χ4n) is 3.62. The fraction of sp³-hybridized carbons (Fsp3) is 0.789.